The van der Waals surface area contributed by atoms with Crippen molar-refractivity contribution >= 4 is 0 Å². The van der Waals surface area contributed by atoms with E-state index in [1.807, 2.05) is 0 Å². The topological polar surface area (TPSA) is 20.2 Å². The van der Waals surface area contributed by atoms with Crippen molar-refractivity contribution in [2.75, 3.05) is 0 Å². The molecule has 2 aromatic rings. The van der Waals surface area contributed by atoms with Crippen molar-refractivity contribution in [3.8, 4) is 16.9 Å². The first kappa shape index (κ1) is 11.5. The summed E-state index contributed by atoms with van der Waals surface area (Å²) in [5, 5.41) is 9.10. The lowest BCUT2D eigenvalue weighted by Crippen LogP contribution is -2.07. The molecule has 0 saturated heterocycles. The second-order valence-electron chi connectivity index (χ2n) is 3.50. The third kappa shape index (κ3) is 2.41. The van der Waals surface area contributed by atoms with Crippen molar-refractivity contribution in [3.63, 3.8) is 0 Å². The molecule has 0 aromatic heterocycles. The maximum absolute atomic E-state index is 12.7. The molecule has 0 unspecified atom stereocenters. The van der Waals surface area contributed by atoms with Crippen LogP contribution in [-0.4, -0.2) is 5.11 Å². The van der Waals surface area contributed by atoms with Gasteiger partial charge in [-0.15, -0.1) is 0 Å². The van der Waals surface area contributed by atoms with Crippen molar-refractivity contribution in [2.45, 2.75) is 6.18 Å². The molecular weight excluding hydrogens is 229 g/mol. The van der Waals surface area contributed by atoms with Crippen LogP contribution in [0.2, 0.25) is 0 Å². The molecule has 87 valence electrons. The summed E-state index contributed by atoms with van der Waals surface area (Å²) in [6.07, 6.45) is -4.44. The van der Waals surface area contributed by atoms with Crippen LogP contribution in [-0.2, 0) is 6.18 Å². The lowest BCUT2D eigenvalue weighted by Gasteiger charge is -2.12. The summed E-state index contributed by atoms with van der Waals surface area (Å²) in [5.41, 5.74) is -0.349. The molecule has 1 nitrogen and oxygen atoms in total. The molecule has 2 rings (SSSR count). The maximum atomic E-state index is 12.7. The predicted molar refractivity (Wildman–Crippen MR) is 57.4 cm³/mol. The second-order valence-corrected chi connectivity index (χ2v) is 3.50. The van der Waals surface area contributed by atoms with Crippen LogP contribution >= 0.6 is 0 Å². The summed E-state index contributed by atoms with van der Waals surface area (Å²) < 4.78 is 38.2. The Balaban J connectivity index is 2.56. The van der Waals surface area contributed by atoms with Crippen LogP contribution in [0.1, 0.15) is 5.56 Å². The smallest absolute Gasteiger partial charge is 0.417 e. The molecule has 0 fully saturated rings. The number of hydrogen-bond donors (Lipinski definition) is 1. The van der Waals surface area contributed by atoms with Crippen molar-refractivity contribution < 1.29 is 18.3 Å². The summed E-state index contributed by atoms with van der Waals surface area (Å²) in [6.45, 7) is 0. The van der Waals surface area contributed by atoms with Gasteiger partial charge in [-0.2, -0.15) is 13.2 Å². The van der Waals surface area contributed by atoms with E-state index < -0.39 is 11.7 Å². The number of benzene rings is 2. The highest BCUT2D eigenvalue weighted by molar-refractivity contribution is 5.68. The van der Waals surface area contributed by atoms with Gasteiger partial charge in [0.2, 0.25) is 0 Å². The zero-order valence-corrected chi connectivity index (χ0v) is 8.62. The Hall–Kier alpha value is -1.97. The van der Waals surface area contributed by atoms with Crippen LogP contribution in [0.4, 0.5) is 13.2 Å². The number of halogens is 3. The molecule has 0 heterocycles. The van der Waals surface area contributed by atoms with Crippen LogP contribution < -0.4 is 0 Å². The van der Waals surface area contributed by atoms with Crippen molar-refractivity contribution in [1.82, 2.24) is 0 Å². The summed E-state index contributed by atoms with van der Waals surface area (Å²) in [6, 6.07) is 11.9. The Kier molecular flexibility index (Phi) is 2.79. The van der Waals surface area contributed by atoms with Crippen molar-refractivity contribution in [3.05, 3.63) is 54.1 Å². The largest absolute Gasteiger partial charge is 0.508 e. The first-order valence-electron chi connectivity index (χ1n) is 4.86. The third-order valence-corrected chi connectivity index (χ3v) is 2.32. The van der Waals surface area contributed by atoms with Gasteiger partial charge in [-0.1, -0.05) is 30.3 Å². The van der Waals surface area contributed by atoms with Gasteiger partial charge in [-0.25, -0.2) is 0 Å². The van der Waals surface area contributed by atoms with E-state index in [0.29, 0.717) is 5.56 Å². The van der Waals surface area contributed by atoms with E-state index in [0.717, 1.165) is 0 Å². The zero-order valence-electron chi connectivity index (χ0n) is 8.62. The molecule has 1 radical (unpaired) electrons. The fraction of sp³-hybridized carbons (Fsp3) is 0.0769. The number of rotatable bonds is 1. The van der Waals surface area contributed by atoms with Crippen LogP contribution in [0.15, 0.2) is 42.5 Å². The Morgan fingerprint density at radius 1 is 1.00 bits per heavy atom. The molecule has 2 aromatic carbocycles. The standard InChI is InChI=1S/C13H8F3O/c14-13(15,16)12-4-2-1-3-11(12)9-5-7-10(17)8-6-9/h1-3,5-8,17H. The predicted octanol–water partition coefficient (Wildman–Crippen LogP) is 3.88. The summed E-state index contributed by atoms with van der Waals surface area (Å²) in [4.78, 5) is 0. The van der Waals surface area contributed by atoms with Crippen molar-refractivity contribution in [2.24, 2.45) is 0 Å². The molecule has 0 aliphatic carbocycles. The molecule has 0 saturated carbocycles. The van der Waals surface area contributed by atoms with Gasteiger partial charge in [0.25, 0.3) is 0 Å². The SMILES string of the molecule is Oc1ccc(-c2ccc[c]c2C(F)(F)F)cc1. The molecule has 0 aliphatic heterocycles. The van der Waals surface area contributed by atoms with Crippen LogP contribution in [0, 0.1) is 6.07 Å². The number of alkyl halides is 3. The van der Waals surface area contributed by atoms with Gasteiger partial charge in [-0.05, 0) is 29.3 Å². The normalized spacial score (nSPS) is 11.5. The van der Waals surface area contributed by atoms with Gasteiger partial charge >= 0.3 is 6.18 Å². The van der Waals surface area contributed by atoms with Crippen LogP contribution in [0.3, 0.4) is 0 Å². The van der Waals surface area contributed by atoms with E-state index in [1.54, 1.807) is 0 Å². The van der Waals surface area contributed by atoms with Gasteiger partial charge in [-0.3, -0.25) is 0 Å². The molecule has 0 aliphatic rings. The molecule has 4 heteroatoms. The lowest BCUT2D eigenvalue weighted by molar-refractivity contribution is -0.137. The Morgan fingerprint density at radius 3 is 2.24 bits per heavy atom. The van der Waals surface area contributed by atoms with E-state index in [4.69, 9.17) is 5.11 Å². The van der Waals surface area contributed by atoms with Gasteiger partial charge in [0.05, 0.1) is 5.56 Å². The van der Waals surface area contributed by atoms with Gasteiger partial charge in [0, 0.05) is 0 Å². The number of phenols is 1. The average molecular weight is 237 g/mol. The molecule has 0 atom stereocenters. The first-order valence-corrected chi connectivity index (χ1v) is 4.86. The zero-order chi connectivity index (χ0) is 12.5. The molecule has 0 amide bonds. The molecule has 0 bridgehead atoms. The average Bonchev–Trinajstić information content (AvgIpc) is 2.29. The quantitative estimate of drug-likeness (QED) is 0.798. The molecule has 1 N–H and O–H groups in total. The number of phenolic OH excluding ortho intramolecular Hbond substituents is 1. The highest BCUT2D eigenvalue weighted by atomic mass is 19.4. The van der Waals surface area contributed by atoms with Crippen molar-refractivity contribution in [1.29, 1.82) is 0 Å². The van der Waals surface area contributed by atoms with Gasteiger partial charge < -0.3 is 5.11 Å². The van der Waals surface area contributed by atoms with E-state index in [9.17, 15) is 13.2 Å². The van der Waals surface area contributed by atoms with E-state index in [2.05, 4.69) is 6.07 Å². The van der Waals surface area contributed by atoms with Gasteiger partial charge in [0.15, 0.2) is 0 Å². The minimum Gasteiger partial charge on any atom is -0.508 e. The fourth-order valence-corrected chi connectivity index (χ4v) is 1.55. The summed E-state index contributed by atoms with van der Waals surface area (Å²) >= 11 is 0. The summed E-state index contributed by atoms with van der Waals surface area (Å²) in [7, 11) is 0. The van der Waals surface area contributed by atoms with E-state index in [1.165, 1.54) is 42.5 Å². The fourth-order valence-electron chi connectivity index (χ4n) is 1.55. The third-order valence-electron chi connectivity index (χ3n) is 2.32. The Bertz CT molecular complexity index is 515. The van der Waals surface area contributed by atoms with E-state index >= 15 is 0 Å². The van der Waals surface area contributed by atoms with Crippen LogP contribution in [0.25, 0.3) is 11.1 Å². The number of aromatic hydroxyl groups is 1. The highest BCUT2D eigenvalue weighted by Gasteiger charge is 2.33. The second kappa shape index (κ2) is 4.13. The molecule has 0 spiro atoms. The molecular formula is C13H8F3O. The Labute approximate surface area is 96.1 Å². The maximum Gasteiger partial charge on any atom is 0.417 e. The highest BCUT2D eigenvalue weighted by Crippen LogP contribution is 2.36. The minimum atomic E-state index is -4.44. The van der Waals surface area contributed by atoms with Crippen LogP contribution in [0.5, 0.6) is 5.75 Å². The first-order chi connectivity index (χ1) is 7.98. The number of hydrogen-bond acceptors (Lipinski definition) is 1. The van der Waals surface area contributed by atoms with E-state index in [-0.39, 0.29) is 11.3 Å². The Morgan fingerprint density at radius 2 is 1.65 bits per heavy atom. The lowest BCUT2D eigenvalue weighted by atomic mass is 9.99. The molecule has 17 heavy (non-hydrogen) atoms. The van der Waals surface area contributed by atoms with Gasteiger partial charge in [0.1, 0.15) is 5.75 Å². The monoisotopic (exact) mass is 237 g/mol. The summed E-state index contributed by atoms with van der Waals surface area (Å²) in [5.74, 6) is 0.0159. The minimum absolute atomic E-state index is 0.0159.